The first-order chi connectivity index (χ1) is 18.2. The van der Waals surface area contributed by atoms with E-state index in [4.69, 9.17) is 20.6 Å². The van der Waals surface area contributed by atoms with E-state index in [0.29, 0.717) is 57.5 Å². The van der Waals surface area contributed by atoms with Gasteiger partial charge < -0.3 is 24.4 Å². The highest BCUT2D eigenvalue weighted by Crippen LogP contribution is 2.26. The van der Waals surface area contributed by atoms with Gasteiger partial charge in [-0.15, -0.1) is 6.42 Å². The van der Waals surface area contributed by atoms with Gasteiger partial charge in [0, 0.05) is 31.0 Å². The summed E-state index contributed by atoms with van der Waals surface area (Å²) in [6.07, 6.45) is 10.8. The van der Waals surface area contributed by atoms with Gasteiger partial charge in [-0.05, 0) is 59.9 Å². The van der Waals surface area contributed by atoms with Crippen molar-refractivity contribution in [3.05, 3.63) is 59.8 Å². The van der Waals surface area contributed by atoms with Crippen LogP contribution >= 0.6 is 0 Å². The first kappa shape index (κ1) is 29.9. The predicted octanol–water partition coefficient (Wildman–Crippen LogP) is 5.55. The maximum absolute atomic E-state index is 9.64. The van der Waals surface area contributed by atoms with E-state index in [1.165, 1.54) is 30.3 Å². The Labute approximate surface area is 222 Å². The molecule has 0 spiro atoms. The standard InChI is InChI=1S/C29H35N3O3.C2H6/c1-3-14-33-16-18-35-19-17-34-15-11-31-24(2)28(23-30)21-25-7-8-27-22-29(10-9-26(27)20-25)32-12-5-4-6-13-32;1-2/h1,7-10,20-22,31H,2,4-6,11-19H2;1-2H3/b28-21+;. The smallest absolute Gasteiger partial charge is 0.107 e. The number of nitrogens with one attached hydrogen (secondary N) is 1. The van der Waals surface area contributed by atoms with Gasteiger partial charge in [0.25, 0.3) is 0 Å². The Morgan fingerprint density at radius 3 is 2.32 bits per heavy atom. The molecule has 1 N–H and O–H groups in total. The van der Waals surface area contributed by atoms with E-state index < -0.39 is 0 Å². The van der Waals surface area contributed by atoms with Gasteiger partial charge >= 0.3 is 0 Å². The van der Waals surface area contributed by atoms with Gasteiger partial charge in [-0.25, -0.2) is 0 Å². The fraction of sp³-hybridized carbons (Fsp3) is 0.452. The van der Waals surface area contributed by atoms with E-state index in [1.807, 2.05) is 26.0 Å². The highest BCUT2D eigenvalue weighted by molar-refractivity contribution is 5.88. The van der Waals surface area contributed by atoms with Crippen molar-refractivity contribution >= 4 is 22.5 Å². The van der Waals surface area contributed by atoms with Crippen LogP contribution in [0.15, 0.2) is 54.2 Å². The topological polar surface area (TPSA) is 66.8 Å². The zero-order valence-corrected chi connectivity index (χ0v) is 22.4. The van der Waals surface area contributed by atoms with Crippen LogP contribution in [0.25, 0.3) is 16.8 Å². The van der Waals surface area contributed by atoms with Crippen LogP contribution < -0.4 is 10.2 Å². The molecule has 0 radical (unpaired) electrons. The van der Waals surface area contributed by atoms with Crippen LogP contribution in [0.5, 0.6) is 0 Å². The quantitative estimate of drug-likeness (QED) is 0.158. The molecule has 0 unspecified atom stereocenters. The Morgan fingerprint density at radius 2 is 1.62 bits per heavy atom. The molecular formula is C31H41N3O3. The minimum absolute atomic E-state index is 0.301. The summed E-state index contributed by atoms with van der Waals surface area (Å²) in [7, 11) is 0. The summed E-state index contributed by atoms with van der Waals surface area (Å²) in [5.41, 5.74) is 3.35. The second-order valence-electron chi connectivity index (χ2n) is 8.40. The average molecular weight is 504 g/mol. The van der Waals surface area contributed by atoms with Crippen molar-refractivity contribution in [1.29, 1.82) is 5.26 Å². The lowest BCUT2D eigenvalue weighted by Crippen LogP contribution is -2.29. The number of benzene rings is 2. The van der Waals surface area contributed by atoms with Crippen molar-refractivity contribution in [3.8, 4) is 18.4 Å². The highest BCUT2D eigenvalue weighted by Gasteiger charge is 2.11. The molecule has 0 bridgehead atoms. The first-order valence-electron chi connectivity index (χ1n) is 13.2. The number of rotatable bonds is 14. The molecule has 37 heavy (non-hydrogen) atoms. The van der Waals surface area contributed by atoms with Crippen LogP contribution in [0.1, 0.15) is 38.7 Å². The average Bonchev–Trinajstić information content (AvgIpc) is 2.95. The van der Waals surface area contributed by atoms with Gasteiger partial charge in [0.15, 0.2) is 0 Å². The second kappa shape index (κ2) is 18.0. The highest BCUT2D eigenvalue weighted by atomic mass is 16.5. The molecule has 1 saturated heterocycles. The van der Waals surface area contributed by atoms with Crippen LogP contribution in [0, 0.1) is 23.7 Å². The number of nitriles is 1. The molecule has 0 atom stereocenters. The van der Waals surface area contributed by atoms with E-state index in [1.54, 1.807) is 0 Å². The third kappa shape index (κ3) is 10.7. The van der Waals surface area contributed by atoms with Crippen molar-refractivity contribution in [1.82, 2.24) is 5.32 Å². The van der Waals surface area contributed by atoms with Gasteiger partial charge in [-0.1, -0.05) is 44.5 Å². The van der Waals surface area contributed by atoms with E-state index in [2.05, 4.69) is 59.1 Å². The normalized spacial score (nSPS) is 13.3. The third-order valence-electron chi connectivity index (χ3n) is 5.84. The molecule has 1 heterocycles. The zero-order valence-electron chi connectivity index (χ0n) is 22.4. The molecule has 0 aliphatic carbocycles. The number of hydrogen-bond acceptors (Lipinski definition) is 6. The molecule has 1 aliphatic rings. The lowest BCUT2D eigenvalue weighted by atomic mass is 10.0. The molecule has 3 rings (SSSR count). The lowest BCUT2D eigenvalue weighted by Gasteiger charge is -2.29. The molecule has 1 fully saturated rings. The molecule has 0 amide bonds. The number of fused-ring (bicyclic) bond motifs is 1. The summed E-state index contributed by atoms with van der Waals surface area (Å²) in [5.74, 6) is 2.40. The maximum Gasteiger partial charge on any atom is 0.107 e. The fourth-order valence-corrected chi connectivity index (χ4v) is 3.98. The number of allylic oxidation sites excluding steroid dienone is 1. The van der Waals surface area contributed by atoms with Crippen LogP contribution in [0.2, 0.25) is 0 Å². The zero-order chi connectivity index (χ0) is 26.7. The van der Waals surface area contributed by atoms with Gasteiger partial charge in [0.1, 0.15) is 12.7 Å². The van der Waals surface area contributed by atoms with E-state index >= 15 is 0 Å². The summed E-state index contributed by atoms with van der Waals surface area (Å²) in [6, 6.07) is 15.2. The van der Waals surface area contributed by atoms with Crippen LogP contribution in [-0.4, -0.2) is 59.3 Å². The third-order valence-corrected chi connectivity index (χ3v) is 5.84. The Balaban J connectivity index is 0.00000235. The van der Waals surface area contributed by atoms with E-state index in [0.717, 1.165) is 24.0 Å². The second-order valence-corrected chi connectivity index (χ2v) is 8.40. The van der Waals surface area contributed by atoms with Crippen molar-refractivity contribution in [2.45, 2.75) is 33.1 Å². The monoisotopic (exact) mass is 503 g/mol. The Bertz CT molecular complexity index is 1080. The molecule has 0 aromatic heterocycles. The Morgan fingerprint density at radius 1 is 0.973 bits per heavy atom. The number of nitrogens with zero attached hydrogens (tertiary/aromatic N) is 2. The predicted molar refractivity (Wildman–Crippen MR) is 153 cm³/mol. The Hall–Kier alpha value is -3.29. The summed E-state index contributed by atoms with van der Waals surface area (Å²) in [6.45, 7) is 13.6. The molecule has 0 saturated carbocycles. The Kier molecular flexibility index (Phi) is 14.6. The molecule has 6 nitrogen and oxygen atoms in total. The van der Waals surface area contributed by atoms with Crippen LogP contribution in [0.4, 0.5) is 5.69 Å². The van der Waals surface area contributed by atoms with Gasteiger partial charge in [-0.2, -0.15) is 5.26 Å². The molecular weight excluding hydrogens is 462 g/mol. The van der Waals surface area contributed by atoms with Crippen molar-refractivity contribution in [2.24, 2.45) is 0 Å². The van der Waals surface area contributed by atoms with Gasteiger partial charge in [-0.3, -0.25) is 0 Å². The lowest BCUT2D eigenvalue weighted by molar-refractivity contribution is 0.0212. The molecule has 198 valence electrons. The van der Waals surface area contributed by atoms with Crippen molar-refractivity contribution < 1.29 is 14.2 Å². The first-order valence-corrected chi connectivity index (χ1v) is 13.2. The minimum atomic E-state index is 0.301. The molecule has 2 aromatic carbocycles. The number of hydrogen-bond donors (Lipinski definition) is 1. The van der Waals surface area contributed by atoms with E-state index in [9.17, 15) is 5.26 Å². The number of piperidine rings is 1. The van der Waals surface area contributed by atoms with Crippen molar-refractivity contribution in [2.75, 3.05) is 64.2 Å². The van der Waals surface area contributed by atoms with E-state index in [-0.39, 0.29) is 0 Å². The van der Waals surface area contributed by atoms with Crippen molar-refractivity contribution in [3.63, 3.8) is 0 Å². The fourth-order valence-electron chi connectivity index (χ4n) is 3.98. The number of ether oxygens (including phenoxy) is 3. The summed E-state index contributed by atoms with van der Waals surface area (Å²) < 4.78 is 16.0. The van der Waals surface area contributed by atoms with Crippen LogP contribution in [0.3, 0.4) is 0 Å². The SMILES string of the molecule is C#CCOCCOCCOCCNC(=C)/C(C#N)=C/c1ccc2cc(N3CCCCC3)ccc2c1.CC. The minimum Gasteiger partial charge on any atom is -0.382 e. The summed E-state index contributed by atoms with van der Waals surface area (Å²) in [5, 5.41) is 15.2. The summed E-state index contributed by atoms with van der Waals surface area (Å²) in [4.78, 5) is 2.47. The van der Waals surface area contributed by atoms with Crippen LogP contribution in [-0.2, 0) is 14.2 Å². The largest absolute Gasteiger partial charge is 0.382 e. The molecule has 6 heteroatoms. The molecule has 2 aromatic rings. The molecule has 1 aliphatic heterocycles. The maximum atomic E-state index is 9.64. The summed E-state index contributed by atoms with van der Waals surface area (Å²) >= 11 is 0. The number of anilines is 1. The number of terminal acetylenes is 1. The van der Waals surface area contributed by atoms with Gasteiger partial charge in [0.05, 0.1) is 38.6 Å². The van der Waals surface area contributed by atoms with Gasteiger partial charge in [0.2, 0.25) is 0 Å².